The molecule has 0 saturated heterocycles. The number of nitrogens with zero attached hydrogens (tertiary/aromatic N) is 2. The van der Waals surface area contributed by atoms with Crippen LogP contribution in [-0.4, -0.2) is 9.55 Å². The maximum atomic E-state index is 6.01. The molecular weight excluding hydrogens is 232 g/mol. The van der Waals surface area contributed by atoms with Gasteiger partial charge in [0.15, 0.2) is 0 Å². The molecule has 0 unspecified atom stereocenters. The molecule has 0 radical (unpaired) electrons. The first-order valence-electron chi connectivity index (χ1n) is 6.04. The third-order valence-electron chi connectivity index (χ3n) is 3.37. The summed E-state index contributed by atoms with van der Waals surface area (Å²) in [7, 11) is 0. The van der Waals surface area contributed by atoms with E-state index in [2.05, 4.69) is 23.8 Å². The number of aromatic nitrogens is 2. The Morgan fingerprint density at radius 2 is 2.29 bits per heavy atom. The number of hydrogen-bond acceptors (Lipinski definition) is 1. The van der Waals surface area contributed by atoms with Crippen LogP contribution in [0.2, 0.25) is 5.02 Å². The number of rotatable bonds is 1. The number of benzene rings is 1. The largest absolute Gasteiger partial charge is 0.334 e. The minimum atomic E-state index is 0.747. The van der Waals surface area contributed by atoms with Gasteiger partial charge in [-0.3, -0.25) is 0 Å². The molecule has 0 amide bonds. The minimum absolute atomic E-state index is 0.747. The zero-order valence-electron chi connectivity index (χ0n) is 9.86. The molecule has 2 heterocycles. The van der Waals surface area contributed by atoms with Crippen molar-refractivity contribution in [1.82, 2.24) is 9.55 Å². The second-order valence-electron chi connectivity index (χ2n) is 4.84. The van der Waals surface area contributed by atoms with Gasteiger partial charge in [-0.1, -0.05) is 30.7 Å². The first kappa shape index (κ1) is 10.8. The van der Waals surface area contributed by atoms with Crippen LogP contribution in [0.3, 0.4) is 0 Å². The molecule has 88 valence electrons. The zero-order chi connectivity index (χ0) is 11.8. The zero-order valence-corrected chi connectivity index (χ0v) is 10.6. The molecular formula is C14H15ClN2. The summed E-state index contributed by atoms with van der Waals surface area (Å²) in [5, 5.41) is 0.766. The lowest BCUT2D eigenvalue weighted by Crippen LogP contribution is -2.16. The molecule has 2 aromatic rings. The molecule has 3 rings (SSSR count). The van der Waals surface area contributed by atoms with Crippen molar-refractivity contribution in [1.29, 1.82) is 0 Å². The highest BCUT2D eigenvalue weighted by Crippen LogP contribution is 2.26. The summed E-state index contributed by atoms with van der Waals surface area (Å²) < 4.78 is 2.27. The molecule has 1 aliphatic heterocycles. The van der Waals surface area contributed by atoms with Crippen molar-refractivity contribution in [3.63, 3.8) is 0 Å². The van der Waals surface area contributed by atoms with Gasteiger partial charge in [0.25, 0.3) is 0 Å². The predicted octanol–water partition coefficient (Wildman–Crippen LogP) is 3.79. The number of aryl methyl sites for hydroxylation is 1. The molecule has 0 aliphatic carbocycles. The van der Waals surface area contributed by atoms with Crippen molar-refractivity contribution in [2.75, 3.05) is 0 Å². The van der Waals surface area contributed by atoms with Crippen molar-refractivity contribution in [2.45, 2.75) is 26.3 Å². The molecule has 2 nitrogen and oxygen atoms in total. The van der Waals surface area contributed by atoms with Gasteiger partial charge in [-0.25, -0.2) is 4.98 Å². The Hall–Kier alpha value is -1.28. The number of fused-ring (bicyclic) bond motifs is 1. The van der Waals surface area contributed by atoms with Crippen LogP contribution in [0.25, 0.3) is 11.3 Å². The fraction of sp³-hybridized carbons (Fsp3) is 0.357. The highest BCUT2D eigenvalue weighted by atomic mass is 35.5. The Kier molecular flexibility index (Phi) is 2.67. The SMILES string of the molecule is C[C@@H]1CCn2cc(-c3cccc(Cl)c3)nc2C1. The molecule has 3 heteroatoms. The normalized spacial score (nSPS) is 19.1. The van der Waals surface area contributed by atoms with Crippen LogP contribution in [0.15, 0.2) is 30.5 Å². The molecule has 17 heavy (non-hydrogen) atoms. The summed E-state index contributed by atoms with van der Waals surface area (Å²) in [6.07, 6.45) is 4.48. The molecule has 0 spiro atoms. The van der Waals surface area contributed by atoms with Crippen LogP contribution >= 0.6 is 11.6 Å². The Labute approximate surface area is 106 Å². The highest BCUT2D eigenvalue weighted by molar-refractivity contribution is 6.30. The lowest BCUT2D eigenvalue weighted by atomic mass is 10.0. The molecule has 1 aliphatic rings. The van der Waals surface area contributed by atoms with Crippen LogP contribution in [0.5, 0.6) is 0 Å². The van der Waals surface area contributed by atoms with Crippen LogP contribution in [0.1, 0.15) is 19.2 Å². The fourth-order valence-electron chi connectivity index (χ4n) is 2.37. The Morgan fingerprint density at radius 3 is 3.12 bits per heavy atom. The Morgan fingerprint density at radius 1 is 1.41 bits per heavy atom. The molecule has 0 saturated carbocycles. The first-order chi connectivity index (χ1) is 8.22. The van der Waals surface area contributed by atoms with Crippen LogP contribution in [0.4, 0.5) is 0 Å². The Bertz CT molecular complexity index is 545. The molecule has 1 aromatic heterocycles. The van der Waals surface area contributed by atoms with Gasteiger partial charge in [-0.2, -0.15) is 0 Å². The molecule has 1 atom stereocenters. The maximum absolute atomic E-state index is 6.01. The van der Waals surface area contributed by atoms with E-state index in [4.69, 9.17) is 16.6 Å². The smallest absolute Gasteiger partial charge is 0.109 e. The van der Waals surface area contributed by atoms with E-state index in [9.17, 15) is 0 Å². The number of imidazole rings is 1. The molecule has 1 aromatic carbocycles. The molecule has 0 N–H and O–H groups in total. The summed E-state index contributed by atoms with van der Waals surface area (Å²) in [5.41, 5.74) is 2.14. The average Bonchev–Trinajstić information content (AvgIpc) is 2.72. The van der Waals surface area contributed by atoms with Gasteiger partial charge >= 0.3 is 0 Å². The van der Waals surface area contributed by atoms with Crippen LogP contribution < -0.4 is 0 Å². The van der Waals surface area contributed by atoms with E-state index in [1.54, 1.807) is 0 Å². The summed E-state index contributed by atoms with van der Waals surface area (Å²) >= 11 is 6.01. The highest BCUT2D eigenvalue weighted by Gasteiger charge is 2.17. The topological polar surface area (TPSA) is 17.8 Å². The standard InChI is InChI=1S/C14H15ClN2/c1-10-5-6-17-9-13(16-14(17)7-10)11-3-2-4-12(15)8-11/h2-4,8-10H,5-7H2,1H3/t10-/m1/s1. The van der Waals surface area contributed by atoms with Crippen molar-refractivity contribution in [3.8, 4) is 11.3 Å². The molecule has 0 bridgehead atoms. The fourth-order valence-corrected chi connectivity index (χ4v) is 2.56. The third kappa shape index (κ3) is 2.09. The van der Waals surface area contributed by atoms with E-state index in [0.29, 0.717) is 0 Å². The van der Waals surface area contributed by atoms with E-state index in [1.807, 2.05) is 18.2 Å². The van der Waals surface area contributed by atoms with Crippen molar-refractivity contribution in [2.24, 2.45) is 5.92 Å². The van der Waals surface area contributed by atoms with Crippen LogP contribution in [0, 0.1) is 5.92 Å². The van der Waals surface area contributed by atoms with E-state index in [0.717, 1.165) is 35.2 Å². The van der Waals surface area contributed by atoms with E-state index in [1.165, 1.54) is 12.2 Å². The summed E-state index contributed by atoms with van der Waals surface area (Å²) in [6, 6.07) is 7.89. The summed E-state index contributed by atoms with van der Waals surface area (Å²) in [6.45, 7) is 3.38. The van der Waals surface area contributed by atoms with E-state index in [-0.39, 0.29) is 0 Å². The van der Waals surface area contributed by atoms with Gasteiger partial charge in [-0.15, -0.1) is 0 Å². The lowest BCUT2D eigenvalue weighted by Gasteiger charge is -2.18. The van der Waals surface area contributed by atoms with Gasteiger partial charge in [-0.05, 0) is 24.5 Å². The molecule has 0 fully saturated rings. The summed E-state index contributed by atoms with van der Waals surface area (Å²) in [4.78, 5) is 4.72. The van der Waals surface area contributed by atoms with Crippen molar-refractivity contribution in [3.05, 3.63) is 41.3 Å². The van der Waals surface area contributed by atoms with E-state index >= 15 is 0 Å². The quantitative estimate of drug-likeness (QED) is 0.749. The minimum Gasteiger partial charge on any atom is -0.334 e. The summed E-state index contributed by atoms with van der Waals surface area (Å²) in [5.74, 6) is 1.95. The van der Waals surface area contributed by atoms with Gasteiger partial charge in [0.05, 0.1) is 5.69 Å². The van der Waals surface area contributed by atoms with Gasteiger partial charge in [0.2, 0.25) is 0 Å². The first-order valence-corrected chi connectivity index (χ1v) is 6.42. The monoisotopic (exact) mass is 246 g/mol. The van der Waals surface area contributed by atoms with Crippen molar-refractivity contribution < 1.29 is 0 Å². The Balaban J connectivity index is 2.00. The van der Waals surface area contributed by atoms with Gasteiger partial charge in [0, 0.05) is 29.7 Å². The third-order valence-corrected chi connectivity index (χ3v) is 3.61. The predicted molar refractivity (Wildman–Crippen MR) is 70.2 cm³/mol. The second-order valence-corrected chi connectivity index (χ2v) is 5.28. The second kappa shape index (κ2) is 4.19. The lowest BCUT2D eigenvalue weighted by molar-refractivity contribution is 0.409. The number of hydrogen-bond donors (Lipinski definition) is 0. The van der Waals surface area contributed by atoms with Crippen LogP contribution in [-0.2, 0) is 13.0 Å². The van der Waals surface area contributed by atoms with Gasteiger partial charge < -0.3 is 4.57 Å². The average molecular weight is 247 g/mol. The van der Waals surface area contributed by atoms with Crippen molar-refractivity contribution >= 4 is 11.6 Å². The van der Waals surface area contributed by atoms with Gasteiger partial charge in [0.1, 0.15) is 5.82 Å². The van der Waals surface area contributed by atoms with E-state index < -0.39 is 0 Å². The number of halogens is 1. The maximum Gasteiger partial charge on any atom is 0.109 e.